The van der Waals surface area contributed by atoms with E-state index in [0.717, 1.165) is 24.0 Å². The van der Waals surface area contributed by atoms with E-state index >= 15 is 0 Å². The Bertz CT molecular complexity index is 824. The highest BCUT2D eigenvalue weighted by Gasteiger charge is 2.57. The monoisotopic (exact) mass is 409 g/mol. The molecule has 0 bridgehead atoms. The normalized spacial score (nSPS) is 24.1. The summed E-state index contributed by atoms with van der Waals surface area (Å²) in [6, 6.07) is 19.5. The van der Waals surface area contributed by atoms with Crippen LogP contribution in [-0.4, -0.2) is 40.9 Å². The topological polar surface area (TPSA) is 59.0 Å². The number of benzene rings is 2. The molecule has 2 aromatic carbocycles. The van der Waals surface area contributed by atoms with Crippen LogP contribution in [0.1, 0.15) is 37.3 Å². The summed E-state index contributed by atoms with van der Waals surface area (Å²) in [5, 5.41) is 11.5. The van der Waals surface area contributed by atoms with Gasteiger partial charge >= 0.3 is 0 Å². The van der Waals surface area contributed by atoms with Gasteiger partial charge in [-0.1, -0.05) is 72.8 Å². The number of amides is 1. The molecule has 160 valence electrons. The summed E-state index contributed by atoms with van der Waals surface area (Å²) < 4.78 is 12.2. The van der Waals surface area contributed by atoms with Crippen molar-refractivity contribution in [3.63, 3.8) is 0 Å². The molecule has 1 saturated heterocycles. The van der Waals surface area contributed by atoms with Crippen molar-refractivity contribution in [1.29, 1.82) is 0 Å². The van der Waals surface area contributed by atoms with Crippen molar-refractivity contribution in [3.8, 4) is 0 Å². The summed E-state index contributed by atoms with van der Waals surface area (Å²) in [5.41, 5.74) is 0.547. The number of likely N-dealkylation sites (tertiary alicyclic amines) is 1. The van der Waals surface area contributed by atoms with Crippen LogP contribution in [-0.2, 0) is 27.5 Å². The number of hydrogen-bond acceptors (Lipinski definition) is 4. The molecule has 1 aliphatic rings. The fraction of sp³-hybridized carbons (Fsp3) is 0.400. The Morgan fingerprint density at radius 1 is 1.00 bits per heavy atom. The molecule has 0 aromatic heterocycles. The van der Waals surface area contributed by atoms with Gasteiger partial charge in [0.15, 0.2) is 11.8 Å². The van der Waals surface area contributed by atoms with Crippen molar-refractivity contribution in [2.75, 3.05) is 7.05 Å². The van der Waals surface area contributed by atoms with Gasteiger partial charge < -0.3 is 19.5 Å². The lowest BCUT2D eigenvalue weighted by Crippen LogP contribution is -2.51. The van der Waals surface area contributed by atoms with E-state index in [1.165, 1.54) is 4.90 Å². The maximum atomic E-state index is 13.0. The Hall–Kier alpha value is -2.47. The van der Waals surface area contributed by atoms with Gasteiger partial charge in [-0.15, -0.1) is 0 Å². The number of aliphatic hydroxyl groups is 1. The number of allylic oxidation sites excluding steroid dienone is 2. The van der Waals surface area contributed by atoms with Crippen molar-refractivity contribution in [1.82, 2.24) is 4.90 Å². The highest BCUT2D eigenvalue weighted by atomic mass is 16.6. The number of ether oxygens (including phenoxy) is 2. The van der Waals surface area contributed by atoms with Gasteiger partial charge in [-0.3, -0.25) is 4.79 Å². The minimum atomic E-state index is -1.41. The molecule has 1 amide bonds. The second-order valence-corrected chi connectivity index (χ2v) is 7.67. The van der Waals surface area contributed by atoms with Crippen molar-refractivity contribution >= 4 is 5.91 Å². The molecule has 1 N–H and O–H groups in total. The van der Waals surface area contributed by atoms with Gasteiger partial charge in [0.1, 0.15) is 6.10 Å². The molecule has 2 aromatic rings. The van der Waals surface area contributed by atoms with Crippen LogP contribution in [0.25, 0.3) is 0 Å². The quantitative estimate of drug-likeness (QED) is 0.475. The first-order chi connectivity index (χ1) is 14.6. The molecule has 30 heavy (non-hydrogen) atoms. The van der Waals surface area contributed by atoms with Crippen molar-refractivity contribution in [2.24, 2.45) is 0 Å². The Balaban J connectivity index is 1.77. The van der Waals surface area contributed by atoms with Crippen LogP contribution in [0.5, 0.6) is 0 Å². The minimum absolute atomic E-state index is 0.252. The third-order valence-corrected chi connectivity index (χ3v) is 5.58. The molecule has 3 atom stereocenters. The number of hydrogen-bond donors (Lipinski definition) is 1. The number of carbonyl (C=O) groups excluding carboxylic acids is 1. The molecule has 1 fully saturated rings. The van der Waals surface area contributed by atoms with E-state index in [2.05, 4.69) is 6.08 Å². The number of carbonyl (C=O) groups is 1. The summed E-state index contributed by atoms with van der Waals surface area (Å²) in [5.74, 6) is -0.252. The van der Waals surface area contributed by atoms with E-state index in [9.17, 15) is 9.90 Å². The van der Waals surface area contributed by atoms with Crippen LogP contribution >= 0.6 is 0 Å². The summed E-state index contributed by atoms with van der Waals surface area (Å²) in [6.45, 7) is 2.55. The molecule has 3 rings (SSSR count). The Morgan fingerprint density at radius 2 is 1.57 bits per heavy atom. The van der Waals surface area contributed by atoms with Gasteiger partial charge in [-0.25, -0.2) is 0 Å². The van der Waals surface area contributed by atoms with E-state index < -0.39 is 17.9 Å². The fourth-order valence-corrected chi connectivity index (χ4v) is 3.80. The average molecular weight is 410 g/mol. The molecule has 1 heterocycles. The van der Waals surface area contributed by atoms with Crippen molar-refractivity contribution in [2.45, 2.75) is 57.3 Å². The van der Waals surface area contributed by atoms with Crippen molar-refractivity contribution in [3.05, 3.63) is 83.9 Å². The Labute approximate surface area is 178 Å². The predicted octanol–water partition coefficient (Wildman–Crippen LogP) is 4.06. The zero-order valence-electron chi connectivity index (χ0n) is 17.7. The van der Waals surface area contributed by atoms with Crippen LogP contribution in [0.3, 0.4) is 0 Å². The SMILES string of the molecule is C/C=C/CCCC1(O)[C@H](OCc2ccccc2)[C@@H](OCc2ccccc2)C(=O)N1C. The standard InChI is InChI=1S/C25H31NO4/c1-3-4-5-12-17-25(28)23(30-19-21-15-10-7-11-16-21)22(24(27)26(25)2)29-18-20-13-8-6-9-14-20/h3-4,6-11,13-16,22-23,28H,5,12,17-19H2,1-2H3/b4-3+/t22-,23-,25?/m1/s1. The first-order valence-corrected chi connectivity index (χ1v) is 10.5. The van der Waals surface area contributed by atoms with E-state index in [4.69, 9.17) is 9.47 Å². The van der Waals surface area contributed by atoms with E-state index in [0.29, 0.717) is 13.0 Å². The molecule has 0 saturated carbocycles. The lowest BCUT2D eigenvalue weighted by molar-refractivity contribution is -0.181. The Kier molecular flexibility index (Phi) is 7.80. The molecular weight excluding hydrogens is 378 g/mol. The summed E-state index contributed by atoms with van der Waals surface area (Å²) in [7, 11) is 1.63. The lowest BCUT2D eigenvalue weighted by Gasteiger charge is -2.35. The largest absolute Gasteiger partial charge is 0.368 e. The number of likely N-dealkylation sites (N-methyl/N-ethyl adjacent to an activating group) is 1. The number of nitrogens with zero attached hydrogens (tertiary/aromatic N) is 1. The van der Waals surface area contributed by atoms with Gasteiger partial charge in [-0.2, -0.15) is 0 Å². The third kappa shape index (κ3) is 5.17. The van der Waals surface area contributed by atoms with Gasteiger partial charge in [0.2, 0.25) is 0 Å². The zero-order valence-corrected chi connectivity index (χ0v) is 17.7. The smallest absolute Gasteiger partial charge is 0.256 e. The summed E-state index contributed by atoms with van der Waals surface area (Å²) in [6.07, 6.45) is 4.42. The molecule has 5 heteroatoms. The van der Waals surface area contributed by atoms with Crippen molar-refractivity contribution < 1.29 is 19.4 Å². The van der Waals surface area contributed by atoms with Gasteiger partial charge in [0, 0.05) is 7.05 Å². The molecule has 0 radical (unpaired) electrons. The van der Waals surface area contributed by atoms with Crippen LogP contribution in [0.2, 0.25) is 0 Å². The minimum Gasteiger partial charge on any atom is -0.368 e. The van der Waals surface area contributed by atoms with E-state index in [1.54, 1.807) is 7.05 Å². The highest BCUT2D eigenvalue weighted by Crippen LogP contribution is 2.36. The van der Waals surface area contributed by atoms with Gasteiger partial charge in [0.25, 0.3) is 5.91 Å². The van der Waals surface area contributed by atoms with Crippen LogP contribution in [0, 0.1) is 0 Å². The molecule has 5 nitrogen and oxygen atoms in total. The molecule has 0 spiro atoms. The van der Waals surface area contributed by atoms with Gasteiger partial charge in [-0.05, 0) is 37.3 Å². The van der Waals surface area contributed by atoms with Crippen LogP contribution in [0.15, 0.2) is 72.8 Å². The fourth-order valence-electron chi connectivity index (χ4n) is 3.80. The number of unbranched alkanes of at least 4 members (excludes halogenated alkanes) is 1. The predicted molar refractivity (Wildman–Crippen MR) is 116 cm³/mol. The maximum absolute atomic E-state index is 13.0. The lowest BCUT2D eigenvalue weighted by atomic mass is 9.98. The van der Waals surface area contributed by atoms with E-state index in [1.807, 2.05) is 73.7 Å². The highest BCUT2D eigenvalue weighted by molar-refractivity contribution is 5.85. The second kappa shape index (κ2) is 10.5. The zero-order chi connectivity index (χ0) is 21.4. The summed E-state index contributed by atoms with van der Waals surface area (Å²) in [4.78, 5) is 14.4. The molecule has 0 aliphatic carbocycles. The first-order valence-electron chi connectivity index (χ1n) is 10.5. The third-order valence-electron chi connectivity index (χ3n) is 5.58. The summed E-state index contributed by atoms with van der Waals surface area (Å²) >= 11 is 0. The molecule has 1 unspecified atom stereocenters. The van der Waals surface area contributed by atoms with E-state index in [-0.39, 0.29) is 12.5 Å². The second-order valence-electron chi connectivity index (χ2n) is 7.67. The Morgan fingerprint density at radius 3 is 2.13 bits per heavy atom. The van der Waals surface area contributed by atoms with Crippen LogP contribution in [0.4, 0.5) is 0 Å². The molecular formula is C25H31NO4. The van der Waals surface area contributed by atoms with Gasteiger partial charge in [0.05, 0.1) is 13.2 Å². The maximum Gasteiger partial charge on any atom is 0.256 e. The molecule has 1 aliphatic heterocycles. The number of rotatable bonds is 10. The average Bonchev–Trinajstić information content (AvgIpc) is 2.96. The van der Waals surface area contributed by atoms with Crippen LogP contribution < -0.4 is 0 Å². The first kappa shape index (κ1) is 22.2.